The lowest BCUT2D eigenvalue weighted by atomic mass is 9.65. The first-order valence-corrected chi connectivity index (χ1v) is 8.30. The van der Waals surface area contributed by atoms with Crippen molar-refractivity contribution in [3.8, 4) is 0 Å². The van der Waals surface area contributed by atoms with Crippen LogP contribution in [-0.2, 0) is 9.53 Å². The number of nitrogens with zero attached hydrogens (tertiary/aromatic N) is 1. The maximum atomic E-state index is 12.5. The van der Waals surface area contributed by atoms with E-state index >= 15 is 0 Å². The SMILES string of the molecule is CC1(C)CC2CC(C)(CN2C(=O)COC(=O)c2ccccc2)C1. The predicted molar refractivity (Wildman–Crippen MR) is 88.0 cm³/mol. The third-order valence-corrected chi connectivity index (χ3v) is 5.07. The van der Waals surface area contributed by atoms with E-state index in [4.69, 9.17) is 4.74 Å². The van der Waals surface area contributed by atoms with Crippen LogP contribution in [0.4, 0.5) is 0 Å². The first kappa shape index (κ1) is 16.0. The molecule has 3 rings (SSSR count). The molecule has 1 aromatic rings. The minimum atomic E-state index is -0.437. The highest BCUT2D eigenvalue weighted by Crippen LogP contribution is 2.52. The fourth-order valence-corrected chi connectivity index (χ4v) is 4.62. The summed E-state index contributed by atoms with van der Waals surface area (Å²) in [6.07, 6.45) is 3.24. The third-order valence-electron chi connectivity index (χ3n) is 5.07. The molecule has 1 heterocycles. The van der Waals surface area contributed by atoms with E-state index < -0.39 is 5.97 Å². The highest BCUT2D eigenvalue weighted by atomic mass is 16.5. The summed E-state index contributed by atoms with van der Waals surface area (Å²) in [4.78, 5) is 26.4. The predicted octanol–water partition coefficient (Wildman–Crippen LogP) is 3.27. The van der Waals surface area contributed by atoms with Gasteiger partial charge in [0, 0.05) is 12.6 Å². The molecule has 4 heteroatoms. The Morgan fingerprint density at radius 1 is 1.17 bits per heavy atom. The van der Waals surface area contributed by atoms with Crippen molar-refractivity contribution in [1.82, 2.24) is 4.90 Å². The summed E-state index contributed by atoms with van der Waals surface area (Å²) in [6.45, 7) is 7.44. The largest absolute Gasteiger partial charge is 0.452 e. The fourth-order valence-electron chi connectivity index (χ4n) is 4.62. The van der Waals surface area contributed by atoms with Crippen LogP contribution in [0, 0.1) is 10.8 Å². The molecule has 23 heavy (non-hydrogen) atoms. The molecule has 1 amide bonds. The van der Waals surface area contributed by atoms with Gasteiger partial charge in [-0.25, -0.2) is 4.79 Å². The van der Waals surface area contributed by atoms with Crippen molar-refractivity contribution in [3.05, 3.63) is 35.9 Å². The number of likely N-dealkylation sites (tertiary alicyclic amines) is 1. The molecule has 1 aliphatic carbocycles. The molecule has 124 valence electrons. The average molecular weight is 315 g/mol. The maximum absolute atomic E-state index is 12.5. The van der Waals surface area contributed by atoms with Gasteiger partial charge in [-0.1, -0.05) is 39.0 Å². The number of benzene rings is 1. The van der Waals surface area contributed by atoms with E-state index in [2.05, 4.69) is 20.8 Å². The van der Waals surface area contributed by atoms with E-state index in [9.17, 15) is 9.59 Å². The molecule has 4 nitrogen and oxygen atoms in total. The van der Waals surface area contributed by atoms with Crippen LogP contribution in [-0.4, -0.2) is 36.0 Å². The second-order valence-electron chi connectivity index (χ2n) is 8.18. The van der Waals surface area contributed by atoms with Gasteiger partial charge in [-0.15, -0.1) is 0 Å². The Kier molecular flexibility index (Phi) is 3.95. The maximum Gasteiger partial charge on any atom is 0.338 e. The van der Waals surface area contributed by atoms with E-state index in [-0.39, 0.29) is 29.4 Å². The number of ether oxygens (including phenoxy) is 1. The fraction of sp³-hybridized carbons (Fsp3) is 0.579. The van der Waals surface area contributed by atoms with Gasteiger partial charge in [0.25, 0.3) is 5.91 Å². The molecule has 2 aliphatic rings. The quantitative estimate of drug-likeness (QED) is 0.804. The molecular weight excluding hydrogens is 290 g/mol. The Labute approximate surface area is 137 Å². The number of hydrogen-bond acceptors (Lipinski definition) is 3. The molecule has 1 saturated carbocycles. The number of esters is 1. The lowest BCUT2D eigenvalue weighted by Crippen LogP contribution is -2.39. The van der Waals surface area contributed by atoms with Gasteiger partial charge in [-0.3, -0.25) is 4.79 Å². The smallest absolute Gasteiger partial charge is 0.338 e. The standard InChI is InChI=1S/C19H25NO3/c1-18(2)9-15-10-19(3,12-18)13-20(15)16(21)11-23-17(22)14-7-5-4-6-8-14/h4-8,15H,9-13H2,1-3H3. The summed E-state index contributed by atoms with van der Waals surface area (Å²) >= 11 is 0. The molecule has 0 radical (unpaired) electrons. The number of amides is 1. The zero-order valence-electron chi connectivity index (χ0n) is 14.2. The van der Waals surface area contributed by atoms with Crippen LogP contribution in [0.25, 0.3) is 0 Å². The van der Waals surface area contributed by atoms with Crippen LogP contribution in [0.5, 0.6) is 0 Å². The van der Waals surface area contributed by atoms with Crippen molar-refractivity contribution >= 4 is 11.9 Å². The van der Waals surface area contributed by atoms with Gasteiger partial charge in [0.05, 0.1) is 5.56 Å². The topological polar surface area (TPSA) is 46.6 Å². The molecule has 2 fully saturated rings. The first-order valence-electron chi connectivity index (χ1n) is 8.30. The molecule has 0 aromatic heterocycles. The first-order chi connectivity index (χ1) is 10.8. The van der Waals surface area contributed by atoms with Gasteiger partial charge < -0.3 is 9.64 Å². The van der Waals surface area contributed by atoms with Gasteiger partial charge in [0.2, 0.25) is 0 Å². The normalized spacial score (nSPS) is 28.5. The third kappa shape index (κ3) is 3.41. The Morgan fingerprint density at radius 3 is 2.57 bits per heavy atom. The van der Waals surface area contributed by atoms with Gasteiger partial charge in [-0.05, 0) is 42.2 Å². The van der Waals surface area contributed by atoms with Crippen LogP contribution >= 0.6 is 0 Å². The van der Waals surface area contributed by atoms with Crippen LogP contribution in [0.3, 0.4) is 0 Å². The van der Waals surface area contributed by atoms with Gasteiger partial charge in [0.1, 0.15) is 0 Å². The van der Waals surface area contributed by atoms with Crippen molar-refractivity contribution in [1.29, 1.82) is 0 Å². The minimum Gasteiger partial charge on any atom is -0.452 e. The van der Waals surface area contributed by atoms with Gasteiger partial charge >= 0.3 is 5.97 Å². The van der Waals surface area contributed by atoms with Crippen molar-refractivity contribution in [2.45, 2.75) is 46.1 Å². The van der Waals surface area contributed by atoms with Crippen molar-refractivity contribution in [3.63, 3.8) is 0 Å². The monoisotopic (exact) mass is 315 g/mol. The average Bonchev–Trinajstić information content (AvgIpc) is 2.74. The Morgan fingerprint density at radius 2 is 1.87 bits per heavy atom. The summed E-state index contributed by atoms with van der Waals surface area (Å²) in [5, 5.41) is 0. The zero-order valence-corrected chi connectivity index (χ0v) is 14.2. The summed E-state index contributed by atoms with van der Waals surface area (Å²) < 4.78 is 5.21. The summed E-state index contributed by atoms with van der Waals surface area (Å²) in [7, 11) is 0. The molecule has 0 N–H and O–H groups in total. The zero-order chi connectivity index (χ0) is 16.7. The molecule has 2 bridgehead atoms. The number of rotatable bonds is 3. The summed E-state index contributed by atoms with van der Waals surface area (Å²) in [5.41, 5.74) is 0.951. The van der Waals surface area contributed by atoms with E-state index in [0.29, 0.717) is 5.56 Å². The van der Waals surface area contributed by atoms with Gasteiger partial charge in [-0.2, -0.15) is 0 Å². The molecule has 1 aromatic carbocycles. The second kappa shape index (κ2) is 5.66. The lowest BCUT2D eigenvalue weighted by molar-refractivity contribution is -0.135. The van der Waals surface area contributed by atoms with Crippen LogP contribution in [0.15, 0.2) is 30.3 Å². The number of hydrogen-bond donors (Lipinski definition) is 0. The van der Waals surface area contributed by atoms with Gasteiger partial charge in [0.15, 0.2) is 6.61 Å². The Hall–Kier alpha value is -1.84. The number of carbonyl (C=O) groups is 2. The van der Waals surface area contributed by atoms with Crippen LogP contribution in [0.2, 0.25) is 0 Å². The summed E-state index contributed by atoms with van der Waals surface area (Å²) in [5.74, 6) is -0.506. The number of fused-ring (bicyclic) bond motifs is 2. The van der Waals surface area contributed by atoms with Crippen molar-refractivity contribution < 1.29 is 14.3 Å². The highest BCUT2D eigenvalue weighted by Gasteiger charge is 2.50. The van der Waals surface area contributed by atoms with Crippen molar-refractivity contribution in [2.24, 2.45) is 10.8 Å². The molecule has 2 atom stereocenters. The highest BCUT2D eigenvalue weighted by molar-refractivity contribution is 5.91. The van der Waals surface area contributed by atoms with E-state index in [1.807, 2.05) is 11.0 Å². The van der Waals surface area contributed by atoms with E-state index in [1.165, 1.54) is 0 Å². The molecule has 0 spiro atoms. The Bertz CT molecular complexity index is 610. The molecule has 1 saturated heterocycles. The van der Waals surface area contributed by atoms with Crippen molar-refractivity contribution in [2.75, 3.05) is 13.2 Å². The molecular formula is C19H25NO3. The molecule has 2 unspecified atom stereocenters. The van der Waals surface area contributed by atoms with E-state index in [1.54, 1.807) is 24.3 Å². The lowest BCUT2D eigenvalue weighted by Gasteiger charge is -2.39. The molecule has 1 aliphatic heterocycles. The van der Waals surface area contributed by atoms with E-state index in [0.717, 1.165) is 25.8 Å². The van der Waals surface area contributed by atoms with Crippen LogP contribution in [0.1, 0.15) is 50.4 Å². The Balaban J connectivity index is 1.60. The van der Waals surface area contributed by atoms with Crippen LogP contribution < -0.4 is 0 Å². The second-order valence-corrected chi connectivity index (χ2v) is 8.18. The summed E-state index contributed by atoms with van der Waals surface area (Å²) in [6, 6.07) is 9.08. The number of carbonyl (C=O) groups excluding carboxylic acids is 2. The minimum absolute atomic E-state index is 0.0688.